The molecule has 1 aliphatic rings. The summed E-state index contributed by atoms with van der Waals surface area (Å²) in [6.07, 6.45) is 4.94. The molecule has 1 saturated heterocycles. The number of methoxy groups -OCH3 is 1. The van der Waals surface area contributed by atoms with Gasteiger partial charge in [0.1, 0.15) is 18.3 Å². The third-order valence-electron chi connectivity index (χ3n) is 6.51. The maximum absolute atomic E-state index is 14.0. The van der Waals surface area contributed by atoms with Crippen LogP contribution in [0.3, 0.4) is 0 Å². The fourth-order valence-corrected chi connectivity index (χ4v) is 4.61. The Morgan fingerprint density at radius 3 is 2.55 bits per heavy atom. The van der Waals surface area contributed by atoms with Crippen molar-refractivity contribution in [3.05, 3.63) is 83.6 Å². The van der Waals surface area contributed by atoms with Crippen molar-refractivity contribution >= 4 is 29.1 Å². The Morgan fingerprint density at radius 1 is 1.12 bits per heavy atom. The highest BCUT2D eigenvalue weighted by atomic mass is 35.5. The SMILES string of the molecule is COc1ccc(N(C(=O)Cn2nnc(-c3ccc(Cl)cc3)n2)[C@@H](C(=O)NC[C@H]2CCCO2)c2ccncc2)cc1. The fraction of sp³-hybridized carbons (Fsp3) is 0.286. The lowest BCUT2D eigenvalue weighted by atomic mass is 10.0. The molecule has 0 aliphatic carbocycles. The van der Waals surface area contributed by atoms with Crippen molar-refractivity contribution in [3.63, 3.8) is 0 Å². The predicted octanol–water partition coefficient (Wildman–Crippen LogP) is 3.47. The molecule has 0 bridgehead atoms. The molecule has 2 aromatic carbocycles. The van der Waals surface area contributed by atoms with Gasteiger partial charge in [-0.05, 0) is 84.3 Å². The third-order valence-corrected chi connectivity index (χ3v) is 6.76. The van der Waals surface area contributed by atoms with Gasteiger partial charge in [0, 0.05) is 41.8 Å². The molecule has 2 amide bonds. The zero-order valence-electron chi connectivity index (χ0n) is 21.8. The Balaban J connectivity index is 1.46. The van der Waals surface area contributed by atoms with E-state index in [9.17, 15) is 9.59 Å². The van der Waals surface area contributed by atoms with Crippen LogP contribution in [0.15, 0.2) is 73.1 Å². The number of benzene rings is 2. The number of ether oxygens (including phenoxy) is 2. The molecule has 0 radical (unpaired) electrons. The van der Waals surface area contributed by atoms with Crippen LogP contribution in [-0.2, 0) is 20.9 Å². The molecule has 206 valence electrons. The van der Waals surface area contributed by atoms with E-state index in [0.717, 1.165) is 12.8 Å². The average Bonchev–Trinajstić information content (AvgIpc) is 3.68. The van der Waals surface area contributed by atoms with Gasteiger partial charge in [0.25, 0.3) is 5.91 Å². The minimum Gasteiger partial charge on any atom is -0.497 e. The minimum atomic E-state index is -0.996. The number of halogens is 1. The number of nitrogens with one attached hydrogen (secondary N) is 1. The lowest BCUT2D eigenvalue weighted by Crippen LogP contribution is -2.46. The Hall–Kier alpha value is -4.35. The van der Waals surface area contributed by atoms with Gasteiger partial charge < -0.3 is 14.8 Å². The summed E-state index contributed by atoms with van der Waals surface area (Å²) < 4.78 is 11.0. The Bertz CT molecular complexity index is 1430. The van der Waals surface area contributed by atoms with E-state index < -0.39 is 11.9 Å². The Kier molecular flexibility index (Phi) is 8.62. The molecular formula is C28H28ClN7O4. The van der Waals surface area contributed by atoms with E-state index in [0.29, 0.717) is 46.6 Å². The van der Waals surface area contributed by atoms with Gasteiger partial charge in [0.05, 0.1) is 13.2 Å². The van der Waals surface area contributed by atoms with E-state index in [4.69, 9.17) is 21.1 Å². The largest absolute Gasteiger partial charge is 0.497 e. The molecule has 4 aromatic rings. The van der Waals surface area contributed by atoms with Gasteiger partial charge in [-0.15, -0.1) is 10.2 Å². The number of rotatable bonds is 10. The van der Waals surface area contributed by atoms with Gasteiger partial charge in [0.15, 0.2) is 0 Å². The number of tetrazole rings is 1. The lowest BCUT2D eigenvalue weighted by Gasteiger charge is -2.31. The molecule has 1 fully saturated rings. The number of hydrogen-bond acceptors (Lipinski definition) is 8. The number of carbonyl (C=O) groups excluding carboxylic acids is 2. The standard InChI is InChI=1S/C28H28ClN7O4/c1-39-23-10-8-22(9-11-23)36(25(37)18-35-33-27(32-34-35)20-4-6-21(29)7-5-20)26(19-12-14-30-15-13-19)28(38)31-17-24-3-2-16-40-24/h4-15,24,26H,2-3,16-18H2,1H3,(H,31,38)/t24-,26-/m1/s1. The number of nitrogens with zero attached hydrogens (tertiary/aromatic N) is 6. The van der Waals surface area contributed by atoms with E-state index in [2.05, 4.69) is 25.7 Å². The number of amides is 2. The highest BCUT2D eigenvalue weighted by Crippen LogP contribution is 2.30. The van der Waals surface area contributed by atoms with Crippen LogP contribution in [0.1, 0.15) is 24.4 Å². The number of anilines is 1. The van der Waals surface area contributed by atoms with Crippen LogP contribution in [0, 0.1) is 0 Å². The molecule has 1 N–H and O–H groups in total. The zero-order chi connectivity index (χ0) is 27.9. The van der Waals surface area contributed by atoms with Crippen molar-refractivity contribution < 1.29 is 19.1 Å². The van der Waals surface area contributed by atoms with E-state index >= 15 is 0 Å². The monoisotopic (exact) mass is 561 g/mol. The van der Waals surface area contributed by atoms with Gasteiger partial charge in [-0.2, -0.15) is 4.80 Å². The molecular weight excluding hydrogens is 534 g/mol. The predicted molar refractivity (Wildman–Crippen MR) is 148 cm³/mol. The van der Waals surface area contributed by atoms with Crippen LogP contribution in [0.4, 0.5) is 5.69 Å². The summed E-state index contributed by atoms with van der Waals surface area (Å²) in [5, 5.41) is 16.1. The first-order chi connectivity index (χ1) is 19.5. The summed E-state index contributed by atoms with van der Waals surface area (Å²) in [5.74, 6) is 0.198. The van der Waals surface area contributed by atoms with Gasteiger partial charge >= 0.3 is 0 Å². The van der Waals surface area contributed by atoms with Crippen molar-refractivity contribution in [2.75, 3.05) is 25.2 Å². The van der Waals surface area contributed by atoms with Gasteiger partial charge in [-0.25, -0.2) is 0 Å². The second kappa shape index (κ2) is 12.7. The zero-order valence-corrected chi connectivity index (χ0v) is 22.6. The van der Waals surface area contributed by atoms with Crippen molar-refractivity contribution in [2.45, 2.75) is 31.5 Å². The summed E-state index contributed by atoms with van der Waals surface area (Å²) in [5.41, 5.74) is 1.80. The van der Waals surface area contributed by atoms with Crippen LogP contribution >= 0.6 is 11.6 Å². The fourth-order valence-electron chi connectivity index (χ4n) is 4.48. The van der Waals surface area contributed by atoms with E-state index in [1.54, 1.807) is 80.2 Å². The van der Waals surface area contributed by atoms with Gasteiger partial charge in [0.2, 0.25) is 11.7 Å². The molecule has 3 heterocycles. The Labute approximate surface area is 236 Å². The molecule has 12 heteroatoms. The highest BCUT2D eigenvalue weighted by Gasteiger charge is 2.34. The van der Waals surface area contributed by atoms with Crippen molar-refractivity contribution in [1.29, 1.82) is 0 Å². The number of hydrogen-bond donors (Lipinski definition) is 1. The summed E-state index contributed by atoms with van der Waals surface area (Å²) in [6, 6.07) is 16.3. The second-order valence-electron chi connectivity index (χ2n) is 9.18. The summed E-state index contributed by atoms with van der Waals surface area (Å²) in [4.78, 5) is 34.4. The van der Waals surface area contributed by atoms with Crippen molar-refractivity contribution in [1.82, 2.24) is 30.5 Å². The second-order valence-corrected chi connectivity index (χ2v) is 9.61. The van der Waals surface area contributed by atoms with Crippen molar-refractivity contribution in [3.8, 4) is 17.1 Å². The number of carbonyl (C=O) groups is 2. The number of pyridine rings is 1. The maximum Gasteiger partial charge on any atom is 0.251 e. The molecule has 0 saturated carbocycles. The normalized spacial score (nSPS) is 15.4. The summed E-state index contributed by atoms with van der Waals surface area (Å²) in [6.45, 7) is 0.765. The lowest BCUT2D eigenvalue weighted by molar-refractivity contribution is -0.127. The molecule has 2 aromatic heterocycles. The summed E-state index contributed by atoms with van der Waals surface area (Å²) in [7, 11) is 1.56. The molecule has 0 unspecified atom stereocenters. The third kappa shape index (κ3) is 6.44. The average molecular weight is 562 g/mol. The van der Waals surface area contributed by atoms with Gasteiger partial charge in [-0.1, -0.05) is 11.6 Å². The molecule has 11 nitrogen and oxygen atoms in total. The molecule has 0 spiro atoms. The van der Waals surface area contributed by atoms with Crippen LogP contribution < -0.4 is 15.0 Å². The van der Waals surface area contributed by atoms with Gasteiger partial charge in [-0.3, -0.25) is 19.5 Å². The Morgan fingerprint density at radius 2 is 1.88 bits per heavy atom. The topological polar surface area (TPSA) is 124 Å². The first-order valence-corrected chi connectivity index (χ1v) is 13.2. The number of aromatic nitrogens is 5. The van der Waals surface area contributed by atoms with Crippen molar-refractivity contribution in [2.24, 2.45) is 0 Å². The highest BCUT2D eigenvalue weighted by molar-refractivity contribution is 6.30. The summed E-state index contributed by atoms with van der Waals surface area (Å²) >= 11 is 5.99. The maximum atomic E-state index is 14.0. The van der Waals surface area contributed by atoms with Crippen LogP contribution in [0.2, 0.25) is 5.02 Å². The molecule has 40 heavy (non-hydrogen) atoms. The quantitative estimate of drug-likeness (QED) is 0.312. The smallest absolute Gasteiger partial charge is 0.251 e. The molecule has 1 aliphatic heterocycles. The van der Waals surface area contributed by atoms with E-state index in [-0.39, 0.29) is 18.6 Å². The molecule has 5 rings (SSSR count). The van der Waals surface area contributed by atoms with E-state index in [1.165, 1.54) is 9.70 Å². The first kappa shape index (κ1) is 27.2. The van der Waals surface area contributed by atoms with Crippen LogP contribution in [0.25, 0.3) is 11.4 Å². The minimum absolute atomic E-state index is 0.0576. The van der Waals surface area contributed by atoms with E-state index in [1.807, 2.05) is 0 Å². The first-order valence-electron chi connectivity index (χ1n) is 12.8. The van der Waals surface area contributed by atoms with Crippen LogP contribution in [0.5, 0.6) is 5.75 Å². The van der Waals surface area contributed by atoms with Crippen LogP contribution in [-0.4, -0.2) is 63.4 Å². The molecule has 2 atom stereocenters.